The highest BCUT2D eigenvalue weighted by Crippen LogP contribution is 2.46. The van der Waals surface area contributed by atoms with Crippen molar-refractivity contribution in [3.05, 3.63) is 56.6 Å². The number of nitrogens with zero attached hydrogens (tertiary/aromatic N) is 2. The van der Waals surface area contributed by atoms with Gasteiger partial charge in [-0.25, -0.2) is 0 Å². The Kier molecular flexibility index (Phi) is 4.57. The maximum atomic E-state index is 13.0. The van der Waals surface area contributed by atoms with E-state index in [0.717, 1.165) is 0 Å². The van der Waals surface area contributed by atoms with Gasteiger partial charge in [-0.2, -0.15) is 10.4 Å². The molecule has 27 heavy (non-hydrogen) atoms. The van der Waals surface area contributed by atoms with Crippen LogP contribution in [0.15, 0.2) is 29.4 Å². The van der Waals surface area contributed by atoms with E-state index < -0.39 is 28.9 Å². The number of hydrazone groups is 1. The summed E-state index contributed by atoms with van der Waals surface area (Å²) >= 11 is 12.1. The second-order valence-corrected chi connectivity index (χ2v) is 6.16. The third kappa shape index (κ3) is 2.79. The van der Waals surface area contributed by atoms with Gasteiger partial charge in [0.25, 0.3) is 0 Å². The Bertz CT molecular complexity index is 1120. The zero-order valence-electron chi connectivity index (χ0n) is 13.3. The van der Waals surface area contributed by atoms with Crippen LogP contribution in [0.4, 0.5) is 5.69 Å². The van der Waals surface area contributed by atoms with Crippen LogP contribution in [-0.2, 0) is 0 Å². The molecule has 1 aliphatic carbocycles. The van der Waals surface area contributed by atoms with E-state index in [4.69, 9.17) is 39.6 Å². The molecule has 0 fully saturated rings. The van der Waals surface area contributed by atoms with Crippen molar-refractivity contribution in [2.45, 2.75) is 0 Å². The third-order valence-corrected chi connectivity index (χ3v) is 4.71. The Balaban J connectivity index is 2.30. The molecule has 0 saturated carbocycles. The maximum absolute atomic E-state index is 13.0. The van der Waals surface area contributed by atoms with E-state index >= 15 is 0 Å². The van der Waals surface area contributed by atoms with Crippen LogP contribution in [-0.4, -0.2) is 28.2 Å². The molecule has 0 aromatic heterocycles. The molecule has 2 aromatic rings. The number of rotatable bonds is 3. The topological polar surface area (TPSA) is 152 Å². The molecule has 0 spiro atoms. The molecule has 5 N–H and O–H groups in total. The minimum Gasteiger partial charge on any atom is -0.506 e. The van der Waals surface area contributed by atoms with E-state index in [1.54, 1.807) is 18.2 Å². The number of carbonyl (C=O) groups excluding carboxylic acids is 2. The summed E-state index contributed by atoms with van der Waals surface area (Å²) in [5.74, 6) is -2.46. The van der Waals surface area contributed by atoms with E-state index in [1.165, 1.54) is 12.1 Å². The van der Waals surface area contributed by atoms with Gasteiger partial charge in [0.1, 0.15) is 16.8 Å². The minimum atomic E-state index is -0.633. The fourth-order valence-electron chi connectivity index (χ4n) is 2.64. The zero-order chi connectivity index (χ0) is 19.9. The molecule has 0 saturated heterocycles. The molecular weight excluding hydrogens is 393 g/mol. The number of anilines is 1. The zero-order valence-corrected chi connectivity index (χ0v) is 14.8. The van der Waals surface area contributed by atoms with E-state index in [9.17, 15) is 14.7 Å². The molecule has 0 atom stereocenters. The minimum absolute atomic E-state index is 0.111. The summed E-state index contributed by atoms with van der Waals surface area (Å²) in [6.45, 7) is 0. The van der Waals surface area contributed by atoms with Crippen molar-refractivity contribution in [1.82, 2.24) is 0 Å². The van der Waals surface area contributed by atoms with Gasteiger partial charge in [-0.3, -0.25) is 20.4 Å². The number of hydrogen-bond acceptors (Lipinski definition) is 7. The lowest BCUT2D eigenvalue weighted by molar-refractivity contribution is 0.0977. The quantitative estimate of drug-likeness (QED) is 0.229. The molecule has 0 heterocycles. The van der Waals surface area contributed by atoms with E-state index in [2.05, 4.69) is 10.5 Å². The highest BCUT2D eigenvalue weighted by atomic mass is 35.5. The van der Waals surface area contributed by atoms with Crippen molar-refractivity contribution >= 4 is 52.0 Å². The van der Waals surface area contributed by atoms with Gasteiger partial charge in [0.05, 0.1) is 21.8 Å². The van der Waals surface area contributed by atoms with E-state index in [-0.39, 0.29) is 38.0 Å². The number of ketones is 2. The highest BCUT2D eigenvalue weighted by Gasteiger charge is 2.37. The van der Waals surface area contributed by atoms with Gasteiger partial charge < -0.3 is 10.8 Å². The lowest BCUT2D eigenvalue weighted by Gasteiger charge is -2.22. The lowest BCUT2D eigenvalue weighted by Crippen LogP contribution is -2.24. The smallest absolute Gasteiger partial charge is 0.201 e. The van der Waals surface area contributed by atoms with Crippen LogP contribution < -0.4 is 11.2 Å². The first-order valence-corrected chi connectivity index (χ1v) is 8.05. The number of phenols is 1. The summed E-state index contributed by atoms with van der Waals surface area (Å²) in [6.07, 6.45) is 0. The molecule has 2 aromatic carbocycles. The van der Waals surface area contributed by atoms with Gasteiger partial charge in [0.15, 0.2) is 17.4 Å². The number of fused-ring (bicyclic) bond motifs is 2. The first-order chi connectivity index (χ1) is 12.8. The van der Waals surface area contributed by atoms with Crippen LogP contribution in [0.5, 0.6) is 5.75 Å². The largest absolute Gasteiger partial charge is 0.506 e. The number of nitrogens with one attached hydrogen (secondary N) is 2. The molecule has 0 aliphatic heterocycles. The Labute approximate surface area is 162 Å². The molecule has 3 rings (SSSR count). The van der Waals surface area contributed by atoms with Crippen LogP contribution in [0, 0.1) is 16.7 Å². The average molecular weight is 402 g/mol. The SMILES string of the molecule is N#C/C(=N\Nc1c(Cl)c(Cl)c(O)c2c1C(=O)c1ccccc1C2=O)C(=N)N. The van der Waals surface area contributed by atoms with Crippen LogP contribution >= 0.6 is 23.2 Å². The second-order valence-electron chi connectivity index (χ2n) is 5.40. The molecule has 8 nitrogen and oxygen atoms in total. The molecule has 0 radical (unpaired) electrons. The van der Waals surface area contributed by atoms with Crippen molar-refractivity contribution < 1.29 is 14.7 Å². The summed E-state index contributed by atoms with van der Waals surface area (Å²) < 4.78 is 0. The molecular formula is C17H9Cl2N5O3. The molecule has 134 valence electrons. The number of nitrogens with two attached hydrogens (primary N) is 1. The van der Waals surface area contributed by atoms with Crippen molar-refractivity contribution in [2.24, 2.45) is 10.8 Å². The van der Waals surface area contributed by atoms with Crippen molar-refractivity contribution in [1.29, 1.82) is 10.7 Å². The molecule has 0 bridgehead atoms. The number of nitriles is 1. The number of carbonyl (C=O) groups is 2. The van der Waals surface area contributed by atoms with E-state index in [0.29, 0.717) is 0 Å². The fraction of sp³-hybridized carbons (Fsp3) is 0. The van der Waals surface area contributed by atoms with E-state index in [1.807, 2.05) is 0 Å². The maximum Gasteiger partial charge on any atom is 0.201 e. The Morgan fingerprint density at radius 3 is 2.22 bits per heavy atom. The number of amidine groups is 1. The molecule has 0 amide bonds. The van der Waals surface area contributed by atoms with Crippen LogP contribution in [0.3, 0.4) is 0 Å². The molecule has 1 aliphatic rings. The highest BCUT2D eigenvalue weighted by molar-refractivity contribution is 6.48. The third-order valence-electron chi connectivity index (χ3n) is 3.87. The predicted molar refractivity (Wildman–Crippen MR) is 100 cm³/mol. The lowest BCUT2D eigenvalue weighted by atomic mass is 9.82. The van der Waals surface area contributed by atoms with Gasteiger partial charge in [-0.15, -0.1) is 0 Å². The Morgan fingerprint density at radius 1 is 1.15 bits per heavy atom. The summed E-state index contributed by atoms with van der Waals surface area (Å²) in [7, 11) is 0. The molecule has 0 unspecified atom stereocenters. The first-order valence-electron chi connectivity index (χ1n) is 7.30. The van der Waals surface area contributed by atoms with Gasteiger partial charge >= 0.3 is 0 Å². The standard InChI is InChI=1S/C17H9Cl2N5O3/c18-11-12(19)16(27)10-9(13(11)24-23-8(5-20)17(21)22)14(25)6-3-1-2-4-7(6)15(10)26/h1-4,24,27H,(H3,21,22)/b23-8+. The normalized spacial score (nSPS) is 12.9. The Hall–Kier alpha value is -3.41. The fourth-order valence-corrected chi connectivity index (χ4v) is 3.05. The predicted octanol–water partition coefficient (Wildman–Crippen LogP) is 2.70. The average Bonchev–Trinajstić information content (AvgIpc) is 2.65. The number of hydrogen-bond donors (Lipinski definition) is 4. The summed E-state index contributed by atoms with van der Waals surface area (Å²) in [4.78, 5) is 25.8. The Morgan fingerprint density at radius 2 is 1.70 bits per heavy atom. The summed E-state index contributed by atoms with van der Waals surface area (Å²) in [5, 5.41) is 29.5. The van der Waals surface area contributed by atoms with Gasteiger partial charge in [-0.1, -0.05) is 47.5 Å². The van der Waals surface area contributed by atoms with Crippen LogP contribution in [0.1, 0.15) is 31.8 Å². The second kappa shape index (κ2) is 6.72. The van der Waals surface area contributed by atoms with Crippen LogP contribution in [0.2, 0.25) is 10.0 Å². The number of halogens is 2. The van der Waals surface area contributed by atoms with Crippen molar-refractivity contribution in [3.63, 3.8) is 0 Å². The molecule has 10 heteroatoms. The summed E-state index contributed by atoms with van der Waals surface area (Å²) in [5.41, 5.74) is 6.59. The van der Waals surface area contributed by atoms with Crippen LogP contribution in [0.25, 0.3) is 0 Å². The van der Waals surface area contributed by atoms with Crippen molar-refractivity contribution in [3.8, 4) is 11.8 Å². The van der Waals surface area contributed by atoms with Gasteiger partial charge in [0, 0.05) is 11.1 Å². The number of aromatic hydroxyl groups is 1. The van der Waals surface area contributed by atoms with Crippen molar-refractivity contribution in [2.75, 3.05) is 5.43 Å². The first kappa shape index (κ1) is 18.4. The number of phenolic OH excluding ortho intramolecular Hbond substituents is 1. The summed E-state index contributed by atoms with van der Waals surface area (Å²) in [6, 6.07) is 7.67. The van der Waals surface area contributed by atoms with Gasteiger partial charge in [-0.05, 0) is 0 Å². The number of benzene rings is 2. The monoisotopic (exact) mass is 401 g/mol. The van der Waals surface area contributed by atoms with Gasteiger partial charge in [0.2, 0.25) is 5.71 Å².